The van der Waals surface area contributed by atoms with Crippen LogP contribution in [0.15, 0.2) is 22.8 Å². The summed E-state index contributed by atoms with van der Waals surface area (Å²) in [7, 11) is 0. The number of furan rings is 1. The number of hydrogen-bond acceptors (Lipinski definition) is 2. The Morgan fingerprint density at radius 2 is 2.36 bits per heavy atom. The van der Waals surface area contributed by atoms with Crippen molar-refractivity contribution in [2.75, 3.05) is 18.4 Å². The molecule has 0 saturated heterocycles. The molecule has 1 unspecified atom stereocenters. The van der Waals surface area contributed by atoms with Gasteiger partial charge in [-0.15, -0.1) is 0 Å². The zero-order chi connectivity index (χ0) is 10.4. The van der Waals surface area contributed by atoms with Crippen LogP contribution in [0.4, 0.5) is 0 Å². The van der Waals surface area contributed by atoms with Crippen LogP contribution in [0.1, 0.15) is 19.6 Å². The van der Waals surface area contributed by atoms with E-state index in [1.165, 1.54) is 0 Å². The van der Waals surface area contributed by atoms with E-state index in [0.717, 1.165) is 30.7 Å². The average Bonchev–Trinajstić information content (AvgIpc) is 2.69. The monoisotopic (exact) mass is 259 g/mol. The Balaban J connectivity index is 2.39. The molecule has 0 aliphatic heterocycles. The van der Waals surface area contributed by atoms with Crippen molar-refractivity contribution < 1.29 is 4.42 Å². The van der Waals surface area contributed by atoms with Crippen LogP contribution in [0.2, 0.25) is 0 Å². The third-order valence-corrected chi connectivity index (χ3v) is 3.35. The Morgan fingerprint density at radius 1 is 1.57 bits per heavy atom. The summed E-state index contributed by atoms with van der Waals surface area (Å²) in [5, 5.41) is 1.06. The van der Waals surface area contributed by atoms with Gasteiger partial charge in [-0.05, 0) is 24.6 Å². The van der Waals surface area contributed by atoms with Crippen molar-refractivity contribution in [3.63, 3.8) is 0 Å². The van der Waals surface area contributed by atoms with Crippen molar-refractivity contribution in [1.82, 2.24) is 4.90 Å². The molecule has 2 nitrogen and oxygen atoms in total. The van der Waals surface area contributed by atoms with Crippen molar-refractivity contribution in [2.45, 2.75) is 20.4 Å². The smallest absolute Gasteiger partial charge is 0.117 e. The molecular weight excluding hydrogens is 242 g/mol. The topological polar surface area (TPSA) is 16.4 Å². The lowest BCUT2D eigenvalue weighted by Gasteiger charge is -2.22. The molecule has 0 spiro atoms. The molecule has 3 heteroatoms. The summed E-state index contributed by atoms with van der Waals surface area (Å²) in [5.41, 5.74) is 0. The van der Waals surface area contributed by atoms with Crippen LogP contribution in [0.5, 0.6) is 0 Å². The Hall–Kier alpha value is -0.280. The van der Waals surface area contributed by atoms with Gasteiger partial charge in [0.15, 0.2) is 0 Å². The molecule has 0 saturated carbocycles. The maximum Gasteiger partial charge on any atom is 0.117 e. The van der Waals surface area contributed by atoms with Crippen LogP contribution in [-0.2, 0) is 6.54 Å². The molecule has 0 N–H and O–H groups in total. The minimum Gasteiger partial charge on any atom is -0.468 e. The molecule has 0 aliphatic carbocycles. The fraction of sp³-hybridized carbons (Fsp3) is 0.636. The maximum atomic E-state index is 5.33. The largest absolute Gasteiger partial charge is 0.468 e. The lowest BCUT2D eigenvalue weighted by molar-refractivity contribution is 0.231. The molecule has 0 amide bonds. The summed E-state index contributed by atoms with van der Waals surface area (Å²) in [6.45, 7) is 7.53. The predicted molar refractivity (Wildman–Crippen MR) is 62.6 cm³/mol. The molecule has 1 atom stereocenters. The van der Waals surface area contributed by atoms with Crippen LogP contribution >= 0.6 is 15.9 Å². The maximum absolute atomic E-state index is 5.33. The molecular formula is C11H18BrNO. The minimum atomic E-state index is 0.685. The van der Waals surface area contributed by atoms with Gasteiger partial charge in [0.2, 0.25) is 0 Å². The first kappa shape index (κ1) is 11.8. The zero-order valence-corrected chi connectivity index (χ0v) is 10.5. The van der Waals surface area contributed by atoms with E-state index in [4.69, 9.17) is 4.42 Å². The van der Waals surface area contributed by atoms with Gasteiger partial charge in [-0.1, -0.05) is 29.8 Å². The van der Waals surface area contributed by atoms with Crippen molar-refractivity contribution in [3.8, 4) is 0 Å². The average molecular weight is 260 g/mol. The van der Waals surface area contributed by atoms with E-state index in [0.29, 0.717) is 5.92 Å². The van der Waals surface area contributed by atoms with E-state index in [2.05, 4.69) is 34.7 Å². The standard InChI is InChI=1S/C11H18BrNO/c1-3-13(8-10(2)7-12)9-11-5-4-6-14-11/h4-6,10H,3,7-9H2,1-2H3. The quantitative estimate of drug-likeness (QED) is 0.730. The van der Waals surface area contributed by atoms with Gasteiger partial charge < -0.3 is 4.42 Å². The van der Waals surface area contributed by atoms with Gasteiger partial charge in [-0.3, -0.25) is 4.90 Å². The van der Waals surface area contributed by atoms with Gasteiger partial charge in [-0.25, -0.2) is 0 Å². The van der Waals surface area contributed by atoms with E-state index in [-0.39, 0.29) is 0 Å². The number of halogens is 1. The highest BCUT2D eigenvalue weighted by Crippen LogP contribution is 2.09. The molecule has 0 fully saturated rings. The predicted octanol–water partition coefficient (Wildman–Crippen LogP) is 3.13. The van der Waals surface area contributed by atoms with Gasteiger partial charge in [0.25, 0.3) is 0 Å². The number of alkyl halides is 1. The lowest BCUT2D eigenvalue weighted by Crippen LogP contribution is -2.28. The van der Waals surface area contributed by atoms with Gasteiger partial charge in [-0.2, -0.15) is 0 Å². The molecule has 0 radical (unpaired) electrons. The summed E-state index contributed by atoms with van der Waals surface area (Å²) in [6.07, 6.45) is 1.73. The summed E-state index contributed by atoms with van der Waals surface area (Å²) in [4.78, 5) is 2.39. The third kappa shape index (κ3) is 3.84. The fourth-order valence-electron chi connectivity index (χ4n) is 1.42. The first-order valence-corrected chi connectivity index (χ1v) is 6.19. The Morgan fingerprint density at radius 3 is 2.86 bits per heavy atom. The highest BCUT2D eigenvalue weighted by Gasteiger charge is 2.09. The molecule has 14 heavy (non-hydrogen) atoms. The molecule has 0 aliphatic rings. The molecule has 1 aromatic heterocycles. The van der Waals surface area contributed by atoms with E-state index >= 15 is 0 Å². The van der Waals surface area contributed by atoms with Gasteiger partial charge in [0, 0.05) is 11.9 Å². The molecule has 1 rings (SSSR count). The van der Waals surface area contributed by atoms with Crippen LogP contribution in [0, 0.1) is 5.92 Å². The molecule has 1 aromatic rings. The summed E-state index contributed by atoms with van der Waals surface area (Å²) >= 11 is 3.50. The van der Waals surface area contributed by atoms with E-state index in [1.807, 2.05) is 12.1 Å². The first-order valence-electron chi connectivity index (χ1n) is 5.07. The Labute approximate surface area is 94.4 Å². The highest BCUT2D eigenvalue weighted by atomic mass is 79.9. The van der Waals surface area contributed by atoms with Crippen LogP contribution in [-0.4, -0.2) is 23.3 Å². The second kappa shape index (κ2) is 6.25. The van der Waals surface area contributed by atoms with Crippen LogP contribution in [0.3, 0.4) is 0 Å². The van der Waals surface area contributed by atoms with Crippen LogP contribution in [0.25, 0.3) is 0 Å². The number of rotatable bonds is 6. The zero-order valence-electron chi connectivity index (χ0n) is 8.87. The minimum absolute atomic E-state index is 0.685. The van der Waals surface area contributed by atoms with Gasteiger partial charge in [0.1, 0.15) is 5.76 Å². The first-order chi connectivity index (χ1) is 6.76. The fourth-order valence-corrected chi connectivity index (χ4v) is 1.62. The third-order valence-electron chi connectivity index (χ3n) is 2.24. The van der Waals surface area contributed by atoms with E-state index in [1.54, 1.807) is 6.26 Å². The van der Waals surface area contributed by atoms with Crippen molar-refractivity contribution >= 4 is 15.9 Å². The summed E-state index contributed by atoms with van der Waals surface area (Å²) in [6, 6.07) is 3.97. The van der Waals surface area contributed by atoms with Gasteiger partial charge >= 0.3 is 0 Å². The van der Waals surface area contributed by atoms with Gasteiger partial charge in [0.05, 0.1) is 12.8 Å². The molecule has 0 aromatic carbocycles. The number of hydrogen-bond donors (Lipinski definition) is 0. The SMILES string of the molecule is CCN(Cc1ccco1)CC(C)CBr. The molecule has 1 heterocycles. The van der Waals surface area contributed by atoms with Crippen molar-refractivity contribution in [1.29, 1.82) is 0 Å². The van der Waals surface area contributed by atoms with Crippen molar-refractivity contribution in [3.05, 3.63) is 24.2 Å². The normalized spacial score (nSPS) is 13.4. The Kier molecular flexibility index (Phi) is 5.26. The van der Waals surface area contributed by atoms with E-state index < -0.39 is 0 Å². The lowest BCUT2D eigenvalue weighted by atomic mass is 10.2. The van der Waals surface area contributed by atoms with E-state index in [9.17, 15) is 0 Å². The second-order valence-electron chi connectivity index (χ2n) is 3.67. The van der Waals surface area contributed by atoms with Crippen molar-refractivity contribution in [2.24, 2.45) is 5.92 Å². The second-order valence-corrected chi connectivity index (χ2v) is 4.31. The highest BCUT2D eigenvalue weighted by molar-refractivity contribution is 9.09. The van der Waals surface area contributed by atoms with Crippen LogP contribution < -0.4 is 0 Å². The Bertz CT molecular complexity index is 235. The number of nitrogens with zero attached hydrogens (tertiary/aromatic N) is 1. The molecule has 0 bridgehead atoms. The molecule has 80 valence electrons. The summed E-state index contributed by atoms with van der Waals surface area (Å²) in [5.74, 6) is 1.73. The summed E-state index contributed by atoms with van der Waals surface area (Å²) < 4.78 is 5.33.